The summed E-state index contributed by atoms with van der Waals surface area (Å²) in [5.41, 5.74) is 14.2. The predicted molar refractivity (Wildman–Crippen MR) is 245 cm³/mol. The Labute approximate surface area is 337 Å². The Balaban J connectivity index is 1.13. The van der Waals surface area contributed by atoms with Gasteiger partial charge in [-0.15, -0.1) is 0 Å². The molecule has 0 N–H and O–H groups in total. The monoisotopic (exact) mass is 739 g/mol. The van der Waals surface area contributed by atoms with Crippen LogP contribution in [0.3, 0.4) is 0 Å². The van der Waals surface area contributed by atoms with E-state index in [9.17, 15) is 0 Å². The lowest BCUT2D eigenvalue weighted by Gasteiger charge is -2.28. The van der Waals surface area contributed by atoms with Crippen molar-refractivity contribution in [2.45, 2.75) is 0 Å². The standard InChI is InChI=1S/C56H37NO/c1-2-13-38(14-3-1)40-27-29-41(30-28-40)44-19-10-21-47(36-44)57(48-22-11-20-45(37-48)50-25-12-18-42-16-6-7-23-49(42)50)53-34-33-51(46-32-31-39-15-4-5-17-43(39)35-46)56-55(53)52-24-8-9-26-54(52)58-56/h1-37H. The second kappa shape index (κ2) is 14.1. The van der Waals surface area contributed by atoms with Gasteiger partial charge in [0.1, 0.15) is 11.2 Å². The normalized spacial score (nSPS) is 11.4. The molecule has 10 aromatic carbocycles. The highest BCUT2D eigenvalue weighted by Crippen LogP contribution is 2.47. The molecule has 1 aromatic heterocycles. The first kappa shape index (κ1) is 33.6. The van der Waals surface area contributed by atoms with Crippen LogP contribution in [-0.2, 0) is 0 Å². The predicted octanol–water partition coefficient (Wildman–Crippen LogP) is 16.0. The quantitative estimate of drug-likeness (QED) is 0.162. The fourth-order valence-electron chi connectivity index (χ4n) is 8.61. The van der Waals surface area contributed by atoms with Crippen LogP contribution in [0.1, 0.15) is 0 Å². The largest absolute Gasteiger partial charge is 0.455 e. The first-order chi connectivity index (χ1) is 28.7. The fourth-order valence-corrected chi connectivity index (χ4v) is 8.61. The van der Waals surface area contributed by atoms with E-state index in [2.05, 4.69) is 229 Å². The smallest absolute Gasteiger partial charge is 0.145 e. The first-order valence-corrected chi connectivity index (χ1v) is 19.8. The summed E-state index contributed by atoms with van der Waals surface area (Å²) >= 11 is 0. The van der Waals surface area contributed by atoms with Crippen molar-refractivity contribution in [3.63, 3.8) is 0 Å². The molecule has 0 aliphatic heterocycles. The van der Waals surface area contributed by atoms with Gasteiger partial charge in [-0.25, -0.2) is 0 Å². The van der Waals surface area contributed by atoms with Gasteiger partial charge in [-0.1, -0.05) is 176 Å². The second-order valence-corrected chi connectivity index (χ2v) is 14.9. The van der Waals surface area contributed by atoms with Crippen LogP contribution in [0.15, 0.2) is 229 Å². The average Bonchev–Trinajstić information content (AvgIpc) is 3.69. The number of fused-ring (bicyclic) bond motifs is 5. The van der Waals surface area contributed by atoms with Crippen molar-refractivity contribution < 1.29 is 4.42 Å². The molecule has 11 rings (SSSR count). The van der Waals surface area contributed by atoms with Crippen molar-refractivity contribution in [1.29, 1.82) is 0 Å². The van der Waals surface area contributed by atoms with Crippen LogP contribution in [-0.4, -0.2) is 0 Å². The van der Waals surface area contributed by atoms with Crippen LogP contribution in [0.25, 0.3) is 88.0 Å². The molecule has 58 heavy (non-hydrogen) atoms. The van der Waals surface area contributed by atoms with Gasteiger partial charge in [0.15, 0.2) is 0 Å². The Morgan fingerprint density at radius 1 is 0.310 bits per heavy atom. The minimum atomic E-state index is 0.865. The molecule has 0 radical (unpaired) electrons. The third kappa shape index (κ3) is 5.91. The Hall–Kier alpha value is -7.68. The number of anilines is 3. The highest BCUT2D eigenvalue weighted by atomic mass is 16.3. The summed E-state index contributed by atoms with van der Waals surface area (Å²) in [4.78, 5) is 2.41. The van der Waals surface area contributed by atoms with E-state index in [1.54, 1.807) is 0 Å². The van der Waals surface area contributed by atoms with E-state index in [4.69, 9.17) is 4.42 Å². The van der Waals surface area contributed by atoms with E-state index in [0.717, 1.165) is 66.8 Å². The molecule has 0 aliphatic carbocycles. The average molecular weight is 740 g/mol. The number of hydrogen-bond donors (Lipinski definition) is 0. The number of nitrogens with zero attached hydrogens (tertiary/aromatic N) is 1. The molecule has 11 aromatic rings. The summed E-state index contributed by atoms with van der Waals surface area (Å²) in [5, 5.41) is 7.04. The first-order valence-electron chi connectivity index (χ1n) is 19.8. The molecule has 0 unspecified atom stereocenters. The summed E-state index contributed by atoms with van der Waals surface area (Å²) in [5.74, 6) is 0. The third-order valence-corrected chi connectivity index (χ3v) is 11.4. The minimum Gasteiger partial charge on any atom is -0.455 e. The summed E-state index contributed by atoms with van der Waals surface area (Å²) in [6, 6.07) is 80.7. The van der Waals surface area contributed by atoms with Crippen molar-refractivity contribution in [3.05, 3.63) is 224 Å². The summed E-state index contributed by atoms with van der Waals surface area (Å²) < 4.78 is 6.87. The Kier molecular flexibility index (Phi) is 8.19. The van der Waals surface area contributed by atoms with E-state index in [0.29, 0.717) is 0 Å². The van der Waals surface area contributed by atoms with Crippen molar-refractivity contribution in [3.8, 4) is 44.5 Å². The van der Waals surface area contributed by atoms with Crippen LogP contribution in [0.2, 0.25) is 0 Å². The van der Waals surface area contributed by atoms with Crippen LogP contribution >= 0.6 is 0 Å². The zero-order chi connectivity index (χ0) is 38.4. The van der Waals surface area contributed by atoms with E-state index in [-0.39, 0.29) is 0 Å². The molecule has 272 valence electrons. The van der Waals surface area contributed by atoms with Crippen LogP contribution in [0.4, 0.5) is 17.1 Å². The van der Waals surface area contributed by atoms with Crippen molar-refractivity contribution >= 4 is 60.5 Å². The lowest BCUT2D eigenvalue weighted by molar-refractivity contribution is 0.670. The summed E-state index contributed by atoms with van der Waals surface area (Å²) in [6.45, 7) is 0. The minimum absolute atomic E-state index is 0.865. The summed E-state index contributed by atoms with van der Waals surface area (Å²) in [6.07, 6.45) is 0. The van der Waals surface area contributed by atoms with E-state index in [1.807, 2.05) is 0 Å². The second-order valence-electron chi connectivity index (χ2n) is 14.9. The fraction of sp³-hybridized carbons (Fsp3) is 0. The lowest BCUT2D eigenvalue weighted by Crippen LogP contribution is -2.11. The van der Waals surface area contributed by atoms with Gasteiger partial charge in [0.05, 0.1) is 11.1 Å². The molecule has 0 amide bonds. The molecule has 2 nitrogen and oxygen atoms in total. The van der Waals surface area contributed by atoms with Gasteiger partial charge in [0.2, 0.25) is 0 Å². The molecular weight excluding hydrogens is 703 g/mol. The Morgan fingerprint density at radius 2 is 0.862 bits per heavy atom. The maximum absolute atomic E-state index is 6.87. The highest BCUT2D eigenvalue weighted by molar-refractivity contribution is 6.17. The van der Waals surface area contributed by atoms with Gasteiger partial charge in [-0.2, -0.15) is 0 Å². The van der Waals surface area contributed by atoms with Gasteiger partial charge in [0.25, 0.3) is 0 Å². The Morgan fingerprint density at radius 3 is 1.67 bits per heavy atom. The molecular formula is C56H37NO. The number of para-hydroxylation sites is 1. The summed E-state index contributed by atoms with van der Waals surface area (Å²) in [7, 11) is 0. The van der Waals surface area contributed by atoms with Gasteiger partial charge in [0, 0.05) is 22.3 Å². The number of hydrogen-bond acceptors (Lipinski definition) is 2. The van der Waals surface area contributed by atoms with E-state index >= 15 is 0 Å². The van der Waals surface area contributed by atoms with Gasteiger partial charge >= 0.3 is 0 Å². The molecule has 0 saturated carbocycles. The van der Waals surface area contributed by atoms with Gasteiger partial charge in [-0.3, -0.25) is 0 Å². The van der Waals surface area contributed by atoms with Gasteiger partial charge < -0.3 is 9.32 Å². The zero-order valence-corrected chi connectivity index (χ0v) is 31.7. The highest BCUT2D eigenvalue weighted by Gasteiger charge is 2.23. The third-order valence-electron chi connectivity index (χ3n) is 11.4. The topological polar surface area (TPSA) is 16.4 Å². The van der Waals surface area contributed by atoms with E-state index < -0.39 is 0 Å². The molecule has 0 atom stereocenters. The molecule has 2 heteroatoms. The van der Waals surface area contributed by atoms with Crippen LogP contribution in [0.5, 0.6) is 0 Å². The van der Waals surface area contributed by atoms with Crippen molar-refractivity contribution in [1.82, 2.24) is 0 Å². The SMILES string of the molecule is c1ccc(-c2ccc(-c3cccc(N(c4cccc(-c5cccc6ccccc56)c4)c4ccc(-c5ccc6ccccc6c5)c5oc6ccccc6c45)c3)cc2)cc1. The number of benzene rings is 10. The molecule has 0 aliphatic rings. The van der Waals surface area contributed by atoms with Crippen LogP contribution < -0.4 is 4.90 Å². The Bertz CT molecular complexity index is 3280. The number of furan rings is 1. The molecule has 1 heterocycles. The molecule has 0 saturated heterocycles. The maximum atomic E-state index is 6.87. The number of rotatable bonds is 7. The molecule has 0 spiro atoms. The van der Waals surface area contributed by atoms with E-state index in [1.165, 1.54) is 38.2 Å². The lowest BCUT2D eigenvalue weighted by atomic mass is 9.96. The molecule has 0 fully saturated rings. The van der Waals surface area contributed by atoms with Crippen molar-refractivity contribution in [2.24, 2.45) is 0 Å². The maximum Gasteiger partial charge on any atom is 0.145 e. The zero-order valence-electron chi connectivity index (χ0n) is 31.7. The molecule has 0 bridgehead atoms. The van der Waals surface area contributed by atoms with Crippen LogP contribution in [0, 0.1) is 0 Å². The van der Waals surface area contributed by atoms with Gasteiger partial charge in [-0.05, 0) is 109 Å². The van der Waals surface area contributed by atoms with Crippen molar-refractivity contribution in [2.75, 3.05) is 4.90 Å².